The van der Waals surface area contributed by atoms with Gasteiger partial charge in [0.15, 0.2) is 0 Å². The van der Waals surface area contributed by atoms with Crippen LogP contribution in [0, 0.1) is 5.82 Å². The molecular formula is C10H13FN2O2. The zero-order valence-electron chi connectivity index (χ0n) is 8.40. The van der Waals surface area contributed by atoms with Crippen LogP contribution in [-0.4, -0.2) is 22.6 Å². The van der Waals surface area contributed by atoms with E-state index in [9.17, 15) is 9.18 Å². The molecule has 3 N–H and O–H groups in total. The Morgan fingerprint density at radius 2 is 2.33 bits per heavy atom. The van der Waals surface area contributed by atoms with Crippen molar-refractivity contribution in [3.05, 3.63) is 29.8 Å². The van der Waals surface area contributed by atoms with Gasteiger partial charge in [-0.15, -0.1) is 0 Å². The molecule has 0 bridgehead atoms. The lowest BCUT2D eigenvalue weighted by molar-refractivity contribution is -0.138. The summed E-state index contributed by atoms with van der Waals surface area (Å²) in [6, 6.07) is 1.27. The predicted molar refractivity (Wildman–Crippen MR) is 52.9 cm³/mol. The average molecular weight is 212 g/mol. The van der Waals surface area contributed by atoms with E-state index in [1.165, 1.54) is 12.3 Å². The largest absolute Gasteiger partial charge is 0.481 e. The number of nitrogens with zero attached hydrogens (tertiary/aromatic N) is 1. The Labute approximate surface area is 86.9 Å². The van der Waals surface area contributed by atoms with E-state index >= 15 is 0 Å². The minimum Gasteiger partial charge on any atom is -0.481 e. The average Bonchev–Trinajstić information content (AvgIpc) is 2.16. The van der Waals surface area contributed by atoms with Gasteiger partial charge in [0.05, 0.1) is 12.6 Å². The maximum Gasteiger partial charge on any atom is 0.304 e. The summed E-state index contributed by atoms with van der Waals surface area (Å²) < 4.78 is 12.9. The number of carboxylic acid groups (broad SMARTS) is 1. The number of carboxylic acids is 1. The molecular weight excluding hydrogens is 199 g/mol. The summed E-state index contributed by atoms with van der Waals surface area (Å²) in [5.74, 6) is -1.45. The fraction of sp³-hybridized carbons (Fsp3) is 0.400. The molecule has 5 heteroatoms. The number of aliphatic carboxylic acids is 1. The molecule has 0 aliphatic rings. The molecule has 82 valence electrons. The summed E-state index contributed by atoms with van der Waals surface area (Å²) in [6.45, 7) is 1.81. The number of carbonyl (C=O) groups is 1. The van der Waals surface area contributed by atoms with Crippen molar-refractivity contribution in [3.63, 3.8) is 0 Å². The minimum atomic E-state index is -0.966. The van der Waals surface area contributed by atoms with Crippen molar-refractivity contribution in [1.82, 2.24) is 4.98 Å². The molecule has 0 amide bonds. The third-order valence-electron chi connectivity index (χ3n) is 2.39. The van der Waals surface area contributed by atoms with Gasteiger partial charge in [-0.05, 0) is 11.6 Å². The van der Waals surface area contributed by atoms with Crippen LogP contribution in [0.25, 0.3) is 0 Å². The van der Waals surface area contributed by atoms with Gasteiger partial charge in [0.1, 0.15) is 5.82 Å². The van der Waals surface area contributed by atoms with Gasteiger partial charge in [0.2, 0.25) is 0 Å². The molecule has 0 aliphatic carbocycles. The molecule has 0 aromatic carbocycles. The summed E-state index contributed by atoms with van der Waals surface area (Å²) in [6.07, 6.45) is 2.37. The second-order valence-corrected chi connectivity index (χ2v) is 3.73. The van der Waals surface area contributed by atoms with Crippen LogP contribution in [0.5, 0.6) is 0 Å². The van der Waals surface area contributed by atoms with Gasteiger partial charge in [-0.1, -0.05) is 6.92 Å². The van der Waals surface area contributed by atoms with E-state index in [0.29, 0.717) is 5.56 Å². The fourth-order valence-electron chi connectivity index (χ4n) is 1.37. The van der Waals surface area contributed by atoms with E-state index in [0.717, 1.165) is 6.20 Å². The molecule has 0 fully saturated rings. The zero-order chi connectivity index (χ0) is 11.5. The lowest BCUT2D eigenvalue weighted by Gasteiger charge is -2.26. The van der Waals surface area contributed by atoms with Gasteiger partial charge < -0.3 is 10.8 Å². The Morgan fingerprint density at radius 1 is 1.67 bits per heavy atom. The van der Waals surface area contributed by atoms with Crippen molar-refractivity contribution < 1.29 is 14.3 Å². The molecule has 15 heavy (non-hydrogen) atoms. The van der Waals surface area contributed by atoms with Crippen molar-refractivity contribution in [2.75, 3.05) is 6.54 Å². The van der Waals surface area contributed by atoms with Gasteiger partial charge in [0.25, 0.3) is 0 Å². The molecule has 1 aromatic heterocycles. The molecule has 0 saturated carbocycles. The molecule has 0 saturated heterocycles. The van der Waals surface area contributed by atoms with Gasteiger partial charge in [-0.3, -0.25) is 9.78 Å². The zero-order valence-corrected chi connectivity index (χ0v) is 8.40. The molecule has 0 radical (unpaired) electrons. The molecule has 0 aliphatic heterocycles. The third kappa shape index (κ3) is 2.73. The SMILES string of the molecule is CC(CN)(CC(=O)O)c1cncc(F)c1. The van der Waals surface area contributed by atoms with E-state index in [2.05, 4.69) is 4.98 Å². The van der Waals surface area contributed by atoms with Gasteiger partial charge >= 0.3 is 5.97 Å². The highest BCUT2D eigenvalue weighted by molar-refractivity contribution is 5.69. The fourth-order valence-corrected chi connectivity index (χ4v) is 1.37. The summed E-state index contributed by atoms with van der Waals surface area (Å²) in [4.78, 5) is 14.3. The van der Waals surface area contributed by atoms with E-state index in [1.54, 1.807) is 6.92 Å². The number of pyridine rings is 1. The van der Waals surface area contributed by atoms with Gasteiger partial charge in [-0.2, -0.15) is 0 Å². The minimum absolute atomic E-state index is 0.129. The monoisotopic (exact) mass is 212 g/mol. The van der Waals surface area contributed by atoms with E-state index in [1.807, 2.05) is 0 Å². The number of halogens is 1. The van der Waals surface area contributed by atoms with Crippen LogP contribution >= 0.6 is 0 Å². The Hall–Kier alpha value is -1.49. The topological polar surface area (TPSA) is 76.2 Å². The van der Waals surface area contributed by atoms with E-state index < -0.39 is 17.2 Å². The number of hydrogen-bond acceptors (Lipinski definition) is 3. The lowest BCUT2D eigenvalue weighted by atomic mass is 9.80. The first-order valence-electron chi connectivity index (χ1n) is 4.51. The Bertz CT molecular complexity index is 370. The molecule has 1 unspecified atom stereocenters. The van der Waals surface area contributed by atoms with Crippen molar-refractivity contribution in [1.29, 1.82) is 0 Å². The lowest BCUT2D eigenvalue weighted by Crippen LogP contribution is -2.34. The number of nitrogens with two attached hydrogens (primary N) is 1. The van der Waals surface area contributed by atoms with Crippen LogP contribution in [0.2, 0.25) is 0 Å². The van der Waals surface area contributed by atoms with Gasteiger partial charge in [-0.25, -0.2) is 4.39 Å². The van der Waals surface area contributed by atoms with Crippen LogP contribution in [0.3, 0.4) is 0 Å². The maximum atomic E-state index is 12.9. The first-order valence-corrected chi connectivity index (χ1v) is 4.51. The van der Waals surface area contributed by atoms with Crippen LogP contribution < -0.4 is 5.73 Å². The highest BCUT2D eigenvalue weighted by Gasteiger charge is 2.28. The van der Waals surface area contributed by atoms with Gasteiger partial charge in [0, 0.05) is 18.2 Å². The quantitative estimate of drug-likeness (QED) is 0.777. The van der Waals surface area contributed by atoms with Crippen LogP contribution in [-0.2, 0) is 10.2 Å². The van der Waals surface area contributed by atoms with Crippen molar-refractivity contribution >= 4 is 5.97 Å². The highest BCUT2D eigenvalue weighted by atomic mass is 19.1. The Kier molecular flexibility index (Phi) is 3.36. The first-order chi connectivity index (χ1) is 6.98. The summed E-state index contributed by atoms with van der Waals surface area (Å²) in [5, 5.41) is 8.74. The van der Waals surface area contributed by atoms with Crippen LogP contribution in [0.1, 0.15) is 18.9 Å². The molecule has 1 atom stereocenters. The smallest absolute Gasteiger partial charge is 0.304 e. The normalized spacial score (nSPS) is 14.6. The van der Waals surface area contributed by atoms with E-state index in [-0.39, 0.29) is 13.0 Å². The first kappa shape index (κ1) is 11.6. The number of aromatic nitrogens is 1. The number of hydrogen-bond donors (Lipinski definition) is 2. The molecule has 4 nitrogen and oxygen atoms in total. The standard InChI is InChI=1S/C10H13FN2O2/c1-10(6-12,3-9(14)15)7-2-8(11)5-13-4-7/h2,4-5H,3,6,12H2,1H3,(H,14,15). The molecule has 1 rings (SSSR count). The third-order valence-corrected chi connectivity index (χ3v) is 2.39. The Morgan fingerprint density at radius 3 is 2.80 bits per heavy atom. The number of rotatable bonds is 4. The van der Waals surface area contributed by atoms with Crippen LogP contribution in [0.4, 0.5) is 4.39 Å². The van der Waals surface area contributed by atoms with Crippen molar-refractivity contribution in [2.24, 2.45) is 5.73 Å². The van der Waals surface area contributed by atoms with E-state index in [4.69, 9.17) is 10.8 Å². The van der Waals surface area contributed by atoms with Crippen LogP contribution in [0.15, 0.2) is 18.5 Å². The Balaban J connectivity index is 3.05. The van der Waals surface area contributed by atoms with Crippen molar-refractivity contribution in [3.8, 4) is 0 Å². The van der Waals surface area contributed by atoms with Crippen molar-refractivity contribution in [2.45, 2.75) is 18.8 Å². The highest BCUT2D eigenvalue weighted by Crippen LogP contribution is 2.26. The predicted octanol–water partition coefficient (Wildman–Crippen LogP) is 0.912. The summed E-state index contributed by atoms with van der Waals surface area (Å²) in [7, 11) is 0. The molecule has 1 heterocycles. The summed E-state index contributed by atoms with van der Waals surface area (Å²) in [5.41, 5.74) is 5.25. The second-order valence-electron chi connectivity index (χ2n) is 3.73. The molecule has 0 spiro atoms. The summed E-state index contributed by atoms with van der Waals surface area (Å²) >= 11 is 0. The molecule has 1 aromatic rings. The maximum absolute atomic E-state index is 12.9. The second kappa shape index (κ2) is 4.35.